The summed E-state index contributed by atoms with van der Waals surface area (Å²) in [6.45, 7) is 1.69. The number of amides is 1. The van der Waals surface area contributed by atoms with Crippen molar-refractivity contribution < 1.29 is 9.53 Å². The lowest BCUT2D eigenvalue weighted by Gasteiger charge is -2.33. The van der Waals surface area contributed by atoms with Gasteiger partial charge in [-0.2, -0.15) is 0 Å². The Morgan fingerprint density at radius 2 is 1.77 bits per heavy atom. The van der Waals surface area contributed by atoms with Gasteiger partial charge in [-0.3, -0.25) is 4.79 Å². The lowest BCUT2D eigenvalue weighted by Crippen LogP contribution is -2.39. The summed E-state index contributed by atoms with van der Waals surface area (Å²) in [6.07, 6.45) is 6.75. The number of hydrogen-bond donors (Lipinski definition) is 0. The summed E-state index contributed by atoms with van der Waals surface area (Å²) in [4.78, 5) is 14.4. The number of methoxy groups -OCH3 is 1. The summed E-state index contributed by atoms with van der Waals surface area (Å²) in [5.41, 5.74) is 1.04. The Morgan fingerprint density at radius 3 is 2.36 bits per heavy atom. The molecular weight excluding hydrogens is 276 g/mol. The Hall–Kier alpha value is -2.23. The first-order chi connectivity index (χ1) is 10.8. The van der Waals surface area contributed by atoms with Crippen molar-refractivity contribution in [3.63, 3.8) is 0 Å². The van der Waals surface area contributed by atoms with Gasteiger partial charge in [-0.05, 0) is 42.7 Å². The summed E-state index contributed by atoms with van der Waals surface area (Å²) in [5, 5.41) is 0. The molecule has 1 fully saturated rings. The molecule has 0 atom stereocenters. The molecule has 0 aliphatic carbocycles. The normalized spacial score (nSPS) is 15.8. The van der Waals surface area contributed by atoms with E-state index >= 15 is 0 Å². The van der Waals surface area contributed by atoms with Crippen molar-refractivity contribution in [2.24, 2.45) is 0 Å². The minimum Gasteiger partial charge on any atom is -0.497 e. The maximum Gasteiger partial charge on any atom is 0.226 e. The van der Waals surface area contributed by atoms with Crippen molar-refractivity contribution in [2.45, 2.75) is 25.3 Å². The molecule has 0 N–H and O–H groups in total. The first kappa shape index (κ1) is 14.7. The number of rotatable bonds is 4. The molecule has 2 heterocycles. The van der Waals surface area contributed by atoms with Crippen LogP contribution in [0.2, 0.25) is 0 Å². The van der Waals surface area contributed by atoms with Crippen LogP contribution >= 0.6 is 0 Å². The van der Waals surface area contributed by atoms with E-state index in [0.29, 0.717) is 12.5 Å². The second kappa shape index (κ2) is 6.69. The SMILES string of the molecule is COc1ccc(CC(=O)N2CCC(n3cccc3)CC2)cc1. The highest BCUT2D eigenvalue weighted by Crippen LogP contribution is 2.23. The average Bonchev–Trinajstić information content (AvgIpc) is 3.10. The second-order valence-corrected chi connectivity index (χ2v) is 5.77. The molecule has 4 heteroatoms. The molecule has 3 rings (SSSR count). The van der Waals surface area contributed by atoms with E-state index in [4.69, 9.17) is 4.74 Å². The van der Waals surface area contributed by atoms with Gasteiger partial charge in [0.2, 0.25) is 5.91 Å². The molecule has 0 unspecified atom stereocenters. The van der Waals surface area contributed by atoms with Crippen LogP contribution in [0.5, 0.6) is 5.75 Å². The molecular formula is C18H22N2O2. The maximum atomic E-state index is 12.4. The van der Waals surface area contributed by atoms with Crippen LogP contribution in [0.1, 0.15) is 24.4 Å². The van der Waals surface area contributed by atoms with Crippen LogP contribution in [0.4, 0.5) is 0 Å². The molecule has 22 heavy (non-hydrogen) atoms. The lowest BCUT2D eigenvalue weighted by atomic mass is 10.0. The molecule has 4 nitrogen and oxygen atoms in total. The number of nitrogens with zero attached hydrogens (tertiary/aromatic N) is 2. The van der Waals surface area contributed by atoms with E-state index in [2.05, 4.69) is 29.1 Å². The highest BCUT2D eigenvalue weighted by molar-refractivity contribution is 5.78. The Kier molecular flexibility index (Phi) is 4.47. The van der Waals surface area contributed by atoms with Crippen molar-refractivity contribution in [3.8, 4) is 5.75 Å². The van der Waals surface area contributed by atoms with Gasteiger partial charge >= 0.3 is 0 Å². The molecule has 1 aliphatic rings. The molecule has 1 aliphatic heterocycles. The van der Waals surface area contributed by atoms with Crippen molar-refractivity contribution in [3.05, 3.63) is 54.4 Å². The molecule has 2 aromatic rings. The third-order valence-corrected chi connectivity index (χ3v) is 4.38. The van der Waals surface area contributed by atoms with Crippen LogP contribution in [0.3, 0.4) is 0 Å². The van der Waals surface area contributed by atoms with E-state index in [1.165, 1.54) is 0 Å². The fourth-order valence-corrected chi connectivity index (χ4v) is 3.03. The van der Waals surface area contributed by atoms with E-state index in [1.807, 2.05) is 29.2 Å². The molecule has 1 aromatic heterocycles. The average molecular weight is 298 g/mol. The summed E-state index contributed by atoms with van der Waals surface area (Å²) >= 11 is 0. The second-order valence-electron chi connectivity index (χ2n) is 5.77. The molecule has 1 saturated heterocycles. The number of carbonyl (C=O) groups excluding carboxylic acids is 1. The molecule has 0 radical (unpaired) electrons. The van der Waals surface area contributed by atoms with Crippen molar-refractivity contribution in [1.29, 1.82) is 0 Å². The van der Waals surface area contributed by atoms with Gasteiger partial charge in [0.15, 0.2) is 0 Å². The number of aromatic nitrogens is 1. The Morgan fingerprint density at radius 1 is 1.14 bits per heavy atom. The topological polar surface area (TPSA) is 34.5 Å². The van der Waals surface area contributed by atoms with E-state index in [9.17, 15) is 4.79 Å². The van der Waals surface area contributed by atoms with E-state index < -0.39 is 0 Å². The third kappa shape index (κ3) is 3.32. The standard InChI is InChI=1S/C18H22N2O2/c1-22-17-6-4-15(5-7-17)14-18(21)20-12-8-16(9-13-20)19-10-2-3-11-19/h2-7,10-11,16H,8-9,12-14H2,1H3. The van der Waals surface area contributed by atoms with Crippen LogP contribution in [0, 0.1) is 0 Å². The molecule has 116 valence electrons. The van der Waals surface area contributed by atoms with E-state index in [0.717, 1.165) is 37.2 Å². The number of ether oxygens (including phenoxy) is 1. The highest BCUT2D eigenvalue weighted by atomic mass is 16.5. The van der Waals surface area contributed by atoms with Gasteiger partial charge in [0.1, 0.15) is 5.75 Å². The van der Waals surface area contributed by atoms with Crippen LogP contribution in [-0.2, 0) is 11.2 Å². The Bertz CT molecular complexity index is 597. The summed E-state index contributed by atoms with van der Waals surface area (Å²) in [7, 11) is 1.65. The zero-order valence-corrected chi connectivity index (χ0v) is 12.9. The van der Waals surface area contributed by atoms with Gasteiger partial charge in [0.25, 0.3) is 0 Å². The predicted octanol–water partition coefficient (Wildman–Crippen LogP) is 2.90. The lowest BCUT2D eigenvalue weighted by molar-refractivity contribution is -0.131. The van der Waals surface area contributed by atoms with Crippen LogP contribution in [0.15, 0.2) is 48.8 Å². The number of hydrogen-bond acceptors (Lipinski definition) is 2. The summed E-state index contributed by atoms with van der Waals surface area (Å²) < 4.78 is 7.40. The van der Waals surface area contributed by atoms with Crippen LogP contribution in [0.25, 0.3) is 0 Å². The Balaban J connectivity index is 1.53. The zero-order chi connectivity index (χ0) is 15.4. The van der Waals surface area contributed by atoms with Gasteiger partial charge in [-0.1, -0.05) is 12.1 Å². The van der Waals surface area contributed by atoms with Gasteiger partial charge in [-0.25, -0.2) is 0 Å². The zero-order valence-electron chi connectivity index (χ0n) is 12.9. The van der Waals surface area contributed by atoms with E-state index in [1.54, 1.807) is 7.11 Å². The van der Waals surface area contributed by atoms with Gasteiger partial charge < -0.3 is 14.2 Å². The Labute approximate surface area is 131 Å². The minimum absolute atomic E-state index is 0.219. The number of likely N-dealkylation sites (tertiary alicyclic amines) is 1. The molecule has 0 spiro atoms. The van der Waals surface area contributed by atoms with Crippen molar-refractivity contribution >= 4 is 5.91 Å². The smallest absolute Gasteiger partial charge is 0.226 e. The fourth-order valence-electron chi connectivity index (χ4n) is 3.03. The number of piperidine rings is 1. The summed E-state index contributed by atoms with van der Waals surface area (Å²) in [5.74, 6) is 1.04. The predicted molar refractivity (Wildman–Crippen MR) is 86.0 cm³/mol. The van der Waals surface area contributed by atoms with Crippen LogP contribution in [-0.4, -0.2) is 35.6 Å². The fraction of sp³-hybridized carbons (Fsp3) is 0.389. The van der Waals surface area contributed by atoms with Gasteiger partial charge in [-0.15, -0.1) is 0 Å². The summed E-state index contributed by atoms with van der Waals surface area (Å²) in [6, 6.07) is 12.4. The first-order valence-electron chi connectivity index (χ1n) is 7.79. The molecule has 0 bridgehead atoms. The third-order valence-electron chi connectivity index (χ3n) is 4.38. The quantitative estimate of drug-likeness (QED) is 0.870. The van der Waals surface area contributed by atoms with Crippen molar-refractivity contribution in [1.82, 2.24) is 9.47 Å². The molecule has 1 aromatic carbocycles. The van der Waals surface area contributed by atoms with Gasteiger partial charge in [0, 0.05) is 31.5 Å². The van der Waals surface area contributed by atoms with E-state index in [-0.39, 0.29) is 5.91 Å². The molecule has 1 amide bonds. The minimum atomic E-state index is 0.219. The van der Waals surface area contributed by atoms with Crippen molar-refractivity contribution in [2.75, 3.05) is 20.2 Å². The number of carbonyl (C=O) groups is 1. The number of benzene rings is 1. The largest absolute Gasteiger partial charge is 0.497 e. The highest BCUT2D eigenvalue weighted by Gasteiger charge is 2.23. The monoisotopic (exact) mass is 298 g/mol. The first-order valence-corrected chi connectivity index (χ1v) is 7.79. The van der Waals surface area contributed by atoms with Gasteiger partial charge in [0.05, 0.1) is 13.5 Å². The maximum absolute atomic E-state index is 12.4. The molecule has 0 saturated carbocycles. The van der Waals surface area contributed by atoms with Crippen LogP contribution < -0.4 is 4.74 Å².